The second-order valence-electron chi connectivity index (χ2n) is 5.79. The third-order valence-electron chi connectivity index (χ3n) is 4.23. The van der Waals surface area contributed by atoms with Gasteiger partial charge in [-0.3, -0.25) is 9.78 Å². The van der Waals surface area contributed by atoms with Crippen molar-refractivity contribution in [2.45, 2.75) is 19.9 Å². The number of aromatic nitrogens is 3. The van der Waals surface area contributed by atoms with Crippen molar-refractivity contribution in [1.82, 2.24) is 14.5 Å². The number of hydrogen-bond acceptors (Lipinski definition) is 4. The zero-order chi connectivity index (χ0) is 16.7. The van der Waals surface area contributed by atoms with E-state index in [-0.39, 0.29) is 17.2 Å². The van der Waals surface area contributed by atoms with Crippen LogP contribution in [-0.2, 0) is 11.3 Å². The van der Waals surface area contributed by atoms with Gasteiger partial charge in [0.2, 0.25) is 0 Å². The van der Waals surface area contributed by atoms with Crippen LogP contribution in [0.1, 0.15) is 17.8 Å². The molecule has 0 atom stereocenters. The Balaban J connectivity index is 1.80. The molecule has 1 aliphatic rings. The first-order chi connectivity index (χ1) is 11.6. The van der Waals surface area contributed by atoms with E-state index in [2.05, 4.69) is 15.3 Å². The highest BCUT2D eigenvalue weighted by atomic mass is 16.3. The summed E-state index contributed by atoms with van der Waals surface area (Å²) in [6.07, 6.45) is 3.61. The molecular weight excluding hydrogens is 304 g/mol. The molecule has 0 fully saturated rings. The Morgan fingerprint density at radius 3 is 2.83 bits per heavy atom. The molecule has 6 heteroatoms. The van der Waals surface area contributed by atoms with Crippen LogP contribution in [0.5, 0.6) is 0 Å². The summed E-state index contributed by atoms with van der Waals surface area (Å²) in [5.41, 5.74) is 3.74. The summed E-state index contributed by atoms with van der Waals surface area (Å²) in [5, 5.41) is 13.1. The number of anilines is 1. The van der Waals surface area contributed by atoms with Crippen LogP contribution in [0.4, 0.5) is 5.69 Å². The van der Waals surface area contributed by atoms with Crippen LogP contribution < -0.4 is 5.32 Å². The maximum atomic E-state index is 12.7. The first-order valence-corrected chi connectivity index (χ1v) is 7.75. The Labute approximate surface area is 138 Å². The minimum Gasteiger partial charge on any atom is -0.511 e. The second-order valence-corrected chi connectivity index (χ2v) is 5.79. The number of aliphatic hydroxyl groups is 1. The molecule has 1 aromatic carbocycles. The van der Waals surface area contributed by atoms with E-state index in [1.165, 1.54) is 0 Å². The van der Waals surface area contributed by atoms with E-state index in [0.29, 0.717) is 24.5 Å². The summed E-state index contributed by atoms with van der Waals surface area (Å²) in [6, 6.07) is 9.35. The lowest BCUT2D eigenvalue weighted by molar-refractivity contribution is -0.111. The highest BCUT2D eigenvalue weighted by Crippen LogP contribution is 2.31. The number of rotatable bonds is 2. The van der Waals surface area contributed by atoms with Crippen LogP contribution in [0, 0.1) is 6.92 Å². The Morgan fingerprint density at radius 2 is 2.04 bits per heavy atom. The van der Waals surface area contributed by atoms with Gasteiger partial charge >= 0.3 is 0 Å². The normalized spacial score (nSPS) is 13.9. The van der Waals surface area contributed by atoms with E-state index in [1.54, 1.807) is 24.5 Å². The van der Waals surface area contributed by atoms with Gasteiger partial charge in [-0.25, -0.2) is 4.98 Å². The third kappa shape index (κ3) is 2.23. The van der Waals surface area contributed by atoms with Crippen LogP contribution in [0.2, 0.25) is 0 Å². The van der Waals surface area contributed by atoms with Crippen LogP contribution in [0.15, 0.2) is 48.5 Å². The zero-order valence-corrected chi connectivity index (χ0v) is 13.2. The molecule has 0 saturated heterocycles. The number of aliphatic hydroxyl groups excluding tert-OH is 1. The summed E-state index contributed by atoms with van der Waals surface area (Å²) in [7, 11) is 0. The Morgan fingerprint density at radius 1 is 1.25 bits per heavy atom. The number of pyridine rings is 1. The quantitative estimate of drug-likeness (QED) is 0.760. The van der Waals surface area contributed by atoms with Gasteiger partial charge in [0.05, 0.1) is 11.0 Å². The number of allylic oxidation sites excluding steroid dienone is 1. The molecule has 120 valence electrons. The summed E-state index contributed by atoms with van der Waals surface area (Å²) in [6.45, 7) is 2.59. The van der Waals surface area contributed by atoms with Crippen molar-refractivity contribution in [3.63, 3.8) is 0 Å². The summed E-state index contributed by atoms with van der Waals surface area (Å²) < 4.78 is 1.99. The van der Waals surface area contributed by atoms with Gasteiger partial charge in [0.25, 0.3) is 5.91 Å². The van der Waals surface area contributed by atoms with Gasteiger partial charge in [-0.1, -0.05) is 12.1 Å². The van der Waals surface area contributed by atoms with Gasteiger partial charge < -0.3 is 15.0 Å². The van der Waals surface area contributed by atoms with Crippen molar-refractivity contribution in [2.24, 2.45) is 0 Å². The molecule has 2 aromatic heterocycles. The second kappa shape index (κ2) is 5.49. The fourth-order valence-corrected chi connectivity index (χ4v) is 3.04. The fraction of sp³-hybridized carbons (Fsp3) is 0.167. The van der Waals surface area contributed by atoms with Gasteiger partial charge in [-0.05, 0) is 30.7 Å². The monoisotopic (exact) mass is 320 g/mol. The molecule has 2 N–H and O–H groups in total. The predicted octanol–water partition coefficient (Wildman–Crippen LogP) is 3.05. The molecule has 0 spiro atoms. The Bertz CT molecular complexity index is 973. The van der Waals surface area contributed by atoms with E-state index in [0.717, 1.165) is 16.6 Å². The number of amides is 1. The average Bonchev–Trinajstić information content (AvgIpc) is 2.95. The standard InChI is InChI=1S/C18H16N4O2/c1-11-3-2-4-13-16(11)21-17-15(14(23)7-10-22(13)17)18(24)20-12-5-8-19-9-6-12/h2-6,8-9,23H,7,10H2,1H3,(H,19,20,24). The van der Waals surface area contributed by atoms with Crippen molar-refractivity contribution < 1.29 is 9.90 Å². The summed E-state index contributed by atoms with van der Waals surface area (Å²) in [4.78, 5) is 21.2. The number of hydrogen-bond donors (Lipinski definition) is 2. The topological polar surface area (TPSA) is 80.0 Å². The van der Waals surface area contributed by atoms with Gasteiger partial charge in [-0.2, -0.15) is 0 Å². The summed E-state index contributed by atoms with van der Waals surface area (Å²) in [5.74, 6) is 0.212. The third-order valence-corrected chi connectivity index (χ3v) is 4.23. The average molecular weight is 320 g/mol. The Hall–Kier alpha value is -3.15. The van der Waals surface area contributed by atoms with Crippen LogP contribution in [0.25, 0.3) is 16.6 Å². The predicted molar refractivity (Wildman–Crippen MR) is 91.5 cm³/mol. The summed E-state index contributed by atoms with van der Waals surface area (Å²) >= 11 is 0. The van der Waals surface area contributed by atoms with Crippen molar-refractivity contribution in [3.05, 3.63) is 59.9 Å². The lowest BCUT2D eigenvalue weighted by Crippen LogP contribution is -2.22. The number of nitrogens with zero attached hydrogens (tertiary/aromatic N) is 3. The number of fused-ring (bicyclic) bond motifs is 3. The molecule has 0 aliphatic carbocycles. The lowest BCUT2D eigenvalue weighted by Gasteiger charge is -2.18. The Kier molecular flexibility index (Phi) is 3.30. The van der Waals surface area contributed by atoms with Crippen molar-refractivity contribution >= 4 is 28.2 Å². The number of nitrogens with one attached hydrogen (secondary N) is 1. The van der Waals surface area contributed by atoms with E-state index in [9.17, 15) is 9.90 Å². The zero-order valence-electron chi connectivity index (χ0n) is 13.2. The lowest BCUT2D eigenvalue weighted by atomic mass is 10.1. The maximum absolute atomic E-state index is 12.7. The molecule has 1 amide bonds. The first kappa shape index (κ1) is 14.4. The van der Waals surface area contributed by atoms with Crippen molar-refractivity contribution in [2.75, 3.05) is 5.32 Å². The van der Waals surface area contributed by atoms with Gasteiger partial charge in [-0.15, -0.1) is 0 Å². The fourth-order valence-electron chi connectivity index (χ4n) is 3.04. The van der Waals surface area contributed by atoms with E-state index >= 15 is 0 Å². The first-order valence-electron chi connectivity index (χ1n) is 7.75. The highest BCUT2D eigenvalue weighted by molar-refractivity contribution is 6.25. The SMILES string of the molecule is Cc1cccc2c1nc1n2CCC(O)=C1C(=O)Nc1ccncc1. The van der Waals surface area contributed by atoms with E-state index in [4.69, 9.17) is 0 Å². The molecule has 0 radical (unpaired) electrons. The largest absolute Gasteiger partial charge is 0.511 e. The van der Waals surface area contributed by atoms with Gasteiger partial charge in [0.1, 0.15) is 17.2 Å². The van der Waals surface area contributed by atoms with Crippen LogP contribution in [0.3, 0.4) is 0 Å². The van der Waals surface area contributed by atoms with Gasteiger partial charge in [0, 0.05) is 31.0 Å². The van der Waals surface area contributed by atoms with Crippen LogP contribution >= 0.6 is 0 Å². The van der Waals surface area contributed by atoms with Crippen molar-refractivity contribution in [3.8, 4) is 0 Å². The van der Waals surface area contributed by atoms with E-state index in [1.807, 2.05) is 29.7 Å². The van der Waals surface area contributed by atoms with E-state index < -0.39 is 0 Å². The molecule has 4 rings (SSSR count). The minimum absolute atomic E-state index is 0.0713. The molecule has 6 nitrogen and oxygen atoms in total. The highest BCUT2D eigenvalue weighted by Gasteiger charge is 2.28. The molecular formula is C18H16N4O2. The number of carbonyl (C=O) groups excluding carboxylic acids is 1. The van der Waals surface area contributed by atoms with Crippen molar-refractivity contribution in [1.29, 1.82) is 0 Å². The molecule has 24 heavy (non-hydrogen) atoms. The molecule has 3 aromatic rings. The molecule has 0 bridgehead atoms. The molecule has 3 heterocycles. The van der Waals surface area contributed by atoms with Gasteiger partial charge in [0.15, 0.2) is 0 Å². The molecule has 1 aliphatic heterocycles. The number of aryl methyl sites for hydroxylation is 2. The molecule has 0 saturated carbocycles. The minimum atomic E-state index is -0.368. The maximum Gasteiger partial charge on any atom is 0.262 e. The van der Waals surface area contributed by atoms with Crippen LogP contribution in [-0.4, -0.2) is 25.5 Å². The number of carbonyl (C=O) groups is 1. The number of imidazole rings is 1. The smallest absolute Gasteiger partial charge is 0.262 e. The number of para-hydroxylation sites is 1. The molecule has 0 unspecified atom stereocenters. The number of benzene rings is 1.